The first-order valence-electron chi connectivity index (χ1n) is 5.01. The highest BCUT2D eigenvalue weighted by atomic mass is 127. The smallest absolute Gasteiger partial charge is 0.337 e. The molecule has 0 radical (unpaired) electrons. The number of aliphatic hydroxyl groups excluding tert-OH is 1. The van der Waals surface area contributed by atoms with Crippen LogP contribution >= 0.6 is 22.6 Å². The fourth-order valence-electron chi connectivity index (χ4n) is 1.25. The number of benzene rings is 1. The zero-order valence-electron chi connectivity index (χ0n) is 9.19. The van der Waals surface area contributed by atoms with Gasteiger partial charge in [-0.1, -0.05) is 34.7 Å². The van der Waals surface area contributed by atoms with Gasteiger partial charge in [0.1, 0.15) is 11.9 Å². The molecule has 3 nitrogen and oxygen atoms in total. The highest BCUT2D eigenvalue weighted by Gasteiger charge is 2.21. The molecule has 5 heteroatoms. The van der Waals surface area contributed by atoms with Crippen molar-refractivity contribution in [1.29, 1.82) is 0 Å². The summed E-state index contributed by atoms with van der Waals surface area (Å²) in [6.07, 6.45) is -1.11. The van der Waals surface area contributed by atoms with Gasteiger partial charge in [-0.3, -0.25) is 0 Å². The van der Waals surface area contributed by atoms with Gasteiger partial charge in [0.05, 0.1) is 12.2 Å². The van der Waals surface area contributed by atoms with E-state index in [-0.39, 0.29) is 12.2 Å². The van der Waals surface area contributed by atoms with Gasteiger partial charge >= 0.3 is 5.97 Å². The van der Waals surface area contributed by atoms with E-state index in [1.165, 1.54) is 28.3 Å². The van der Waals surface area contributed by atoms with Gasteiger partial charge < -0.3 is 9.84 Å². The predicted octanol–water partition coefficient (Wildman–Crippen LogP) is 2.74. The van der Waals surface area contributed by atoms with Crippen molar-refractivity contribution in [3.8, 4) is 0 Å². The van der Waals surface area contributed by atoms with Crippen LogP contribution < -0.4 is 0 Å². The summed E-state index contributed by atoms with van der Waals surface area (Å²) in [5.41, 5.74) is 0.585. The van der Waals surface area contributed by atoms with Crippen LogP contribution in [0.4, 0.5) is 4.39 Å². The van der Waals surface area contributed by atoms with E-state index in [2.05, 4.69) is 0 Å². The maximum Gasteiger partial charge on any atom is 0.337 e. The van der Waals surface area contributed by atoms with Gasteiger partial charge in [0, 0.05) is 0 Å². The van der Waals surface area contributed by atoms with Crippen molar-refractivity contribution in [1.82, 2.24) is 0 Å². The van der Waals surface area contributed by atoms with Gasteiger partial charge in [0.2, 0.25) is 0 Å². The van der Waals surface area contributed by atoms with Crippen molar-refractivity contribution in [2.24, 2.45) is 0 Å². The third kappa shape index (κ3) is 3.78. The van der Waals surface area contributed by atoms with Gasteiger partial charge in [-0.2, -0.15) is 0 Å². The molecule has 1 rings (SSSR count). The third-order valence-corrected chi connectivity index (χ3v) is 2.78. The second-order valence-electron chi connectivity index (χ2n) is 3.24. The molecule has 1 aromatic carbocycles. The molecule has 1 aromatic rings. The number of aliphatic hydroxyl groups is 1. The molecule has 0 spiro atoms. The second-order valence-corrected chi connectivity index (χ2v) is 3.86. The first-order valence-corrected chi connectivity index (χ1v) is 6.25. The molecule has 0 fully saturated rings. The van der Waals surface area contributed by atoms with Crippen molar-refractivity contribution >= 4 is 28.6 Å². The van der Waals surface area contributed by atoms with Crippen LogP contribution in [0.5, 0.6) is 0 Å². The standard InChI is InChI=1S/C12H12FIO3/c1-2-17-12(16)10(7-14)11(15)8-3-5-9(13)6-4-8/h3-7,11,15H,2H2,1H3/b10-7-. The Kier molecular flexibility index (Phi) is 5.57. The summed E-state index contributed by atoms with van der Waals surface area (Å²) in [6.45, 7) is 1.93. The number of hydrogen-bond acceptors (Lipinski definition) is 3. The maximum absolute atomic E-state index is 12.7. The Morgan fingerprint density at radius 3 is 2.59 bits per heavy atom. The van der Waals surface area contributed by atoms with Crippen LogP contribution in [0.15, 0.2) is 33.9 Å². The van der Waals surface area contributed by atoms with Crippen LogP contribution in [-0.4, -0.2) is 17.7 Å². The highest BCUT2D eigenvalue weighted by Crippen LogP contribution is 2.24. The molecule has 1 N–H and O–H groups in total. The lowest BCUT2D eigenvalue weighted by molar-refractivity contribution is -0.139. The minimum Gasteiger partial charge on any atom is -0.463 e. The monoisotopic (exact) mass is 350 g/mol. The minimum atomic E-state index is -1.11. The molecule has 0 saturated heterocycles. The predicted molar refractivity (Wildman–Crippen MR) is 70.1 cm³/mol. The highest BCUT2D eigenvalue weighted by molar-refractivity contribution is 14.1. The first-order chi connectivity index (χ1) is 8.10. The van der Waals surface area contributed by atoms with Crippen LogP contribution in [0.2, 0.25) is 0 Å². The molecule has 0 aliphatic heterocycles. The summed E-state index contributed by atoms with van der Waals surface area (Å²) in [4.78, 5) is 11.5. The van der Waals surface area contributed by atoms with Crippen molar-refractivity contribution in [2.45, 2.75) is 13.0 Å². The normalized spacial score (nSPS) is 13.3. The Labute approximate surface area is 112 Å². The van der Waals surface area contributed by atoms with Crippen molar-refractivity contribution in [3.05, 3.63) is 45.3 Å². The van der Waals surface area contributed by atoms with Crippen LogP contribution in [0.3, 0.4) is 0 Å². The average Bonchev–Trinajstić information content (AvgIpc) is 2.31. The van der Waals surface area contributed by atoms with Crippen LogP contribution in [-0.2, 0) is 9.53 Å². The second kappa shape index (κ2) is 6.70. The van der Waals surface area contributed by atoms with E-state index in [0.29, 0.717) is 5.56 Å². The van der Waals surface area contributed by atoms with Crippen molar-refractivity contribution < 1.29 is 19.0 Å². The third-order valence-electron chi connectivity index (χ3n) is 2.11. The minimum absolute atomic E-state index is 0.138. The van der Waals surface area contributed by atoms with Gasteiger partial charge in [-0.25, -0.2) is 9.18 Å². The summed E-state index contributed by atoms with van der Waals surface area (Å²) in [5.74, 6) is -0.962. The summed E-state index contributed by atoms with van der Waals surface area (Å²) in [5, 5.41) is 9.97. The van der Waals surface area contributed by atoms with Gasteiger partial charge in [-0.15, -0.1) is 0 Å². The number of carbonyl (C=O) groups is 1. The summed E-state index contributed by atoms with van der Waals surface area (Å²) >= 11 is 1.86. The van der Waals surface area contributed by atoms with E-state index in [0.717, 1.165) is 0 Å². The molecule has 1 atom stereocenters. The van der Waals surface area contributed by atoms with E-state index in [1.807, 2.05) is 22.6 Å². The Morgan fingerprint density at radius 2 is 2.12 bits per heavy atom. The number of hydrogen-bond donors (Lipinski definition) is 1. The number of ether oxygens (including phenoxy) is 1. The summed E-state index contributed by atoms with van der Waals surface area (Å²) in [6, 6.07) is 5.32. The topological polar surface area (TPSA) is 46.5 Å². The van der Waals surface area contributed by atoms with Gasteiger partial charge in [0.25, 0.3) is 0 Å². The lowest BCUT2D eigenvalue weighted by Gasteiger charge is -2.13. The number of carbonyl (C=O) groups excluding carboxylic acids is 1. The maximum atomic E-state index is 12.7. The van der Waals surface area contributed by atoms with E-state index in [4.69, 9.17) is 4.74 Å². The fourth-order valence-corrected chi connectivity index (χ4v) is 1.85. The van der Waals surface area contributed by atoms with Crippen molar-refractivity contribution in [3.63, 3.8) is 0 Å². The Morgan fingerprint density at radius 1 is 1.53 bits per heavy atom. The van der Waals surface area contributed by atoms with E-state index < -0.39 is 17.9 Å². The largest absolute Gasteiger partial charge is 0.463 e. The van der Waals surface area contributed by atoms with Crippen LogP contribution in [0.1, 0.15) is 18.6 Å². The molecule has 0 aromatic heterocycles. The Balaban J connectivity index is 2.90. The number of esters is 1. The molecule has 17 heavy (non-hydrogen) atoms. The lowest BCUT2D eigenvalue weighted by Crippen LogP contribution is -2.14. The Hall–Kier alpha value is -0.950. The molecule has 0 aliphatic carbocycles. The first kappa shape index (κ1) is 14.1. The summed E-state index contributed by atoms with van der Waals surface area (Å²) in [7, 11) is 0. The average molecular weight is 350 g/mol. The summed E-state index contributed by atoms with van der Waals surface area (Å²) < 4.78 is 19.0. The van der Waals surface area contributed by atoms with E-state index in [9.17, 15) is 14.3 Å². The molecule has 0 aliphatic rings. The van der Waals surface area contributed by atoms with Crippen LogP contribution in [0, 0.1) is 5.82 Å². The molecule has 0 saturated carbocycles. The molecule has 92 valence electrons. The van der Waals surface area contributed by atoms with Gasteiger partial charge in [0.15, 0.2) is 0 Å². The molecule has 0 heterocycles. The lowest BCUT2D eigenvalue weighted by atomic mass is 10.0. The SMILES string of the molecule is CCOC(=O)/C(=C\I)C(O)c1ccc(F)cc1. The van der Waals surface area contributed by atoms with E-state index >= 15 is 0 Å². The molecular weight excluding hydrogens is 338 g/mol. The fraction of sp³-hybridized carbons (Fsp3) is 0.250. The van der Waals surface area contributed by atoms with Gasteiger partial charge in [-0.05, 0) is 28.7 Å². The molecule has 0 amide bonds. The number of rotatable bonds is 4. The Bertz CT molecular complexity index is 414. The molecular formula is C12H12FIO3. The molecule has 1 unspecified atom stereocenters. The zero-order chi connectivity index (χ0) is 12.8. The van der Waals surface area contributed by atoms with E-state index in [1.54, 1.807) is 6.92 Å². The zero-order valence-corrected chi connectivity index (χ0v) is 11.3. The van der Waals surface area contributed by atoms with Crippen LogP contribution in [0.25, 0.3) is 0 Å². The number of halogens is 2. The quantitative estimate of drug-likeness (QED) is 0.516. The molecule has 0 bridgehead atoms. The van der Waals surface area contributed by atoms with Crippen molar-refractivity contribution in [2.75, 3.05) is 6.61 Å².